The molecule has 2 rings (SSSR count). The molecule has 0 bridgehead atoms. The summed E-state index contributed by atoms with van der Waals surface area (Å²) >= 11 is 3.55. The third-order valence-electron chi connectivity index (χ3n) is 4.57. The van der Waals surface area contributed by atoms with Crippen molar-refractivity contribution in [2.75, 3.05) is 6.61 Å². The predicted octanol–water partition coefficient (Wildman–Crippen LogP) is 5.59. The number of allylic oxidation sites excluding steroid dienone is 1. The van der Waals surface area contributed by atoms with Gasteiger partial charge in [0.15, 0.2) is 0 Å². The van der Waals surface area contributed by atoms with Crippen molar-refractivity contribution in [3.63, 3.8) is 0 Å². The van der Waals surface area contributed by atoms with Crippen molar-refractivity contribution < 1.29 is 14.3 Å². The summed E-state index contributed by atoms with van der Waals surface area (Å²) in [4.78, 5) is 11.5. The van der Waals surface area contributed by atoms with Gasteiger partial charge in [0, 0.05) is 16.1 Å². The highest BCUT2D eigenvalue weighted by Gasteiger charge is 2.23. The number of carbonyl (C=O) groups is 1. The number of hydrogen-bond donors (Lipinski definition) is 0. The second-order valence-electron chi connectivity index (χ2n) is 6.57. The lowest BCUT2D eigenvalue weighted by molar-refractivity contribution is -0.137. The molecule has 1 saturated carbocycles. The summed E-state index contributed by atoms with van der Waals surface area (Å²) in [6.07, 6.45) is 7.34. The SMILES string of the molecule is CCOC(=O)/C=C(\C)CC1CCC(Oc2cccc(Br)c2C)CC1. The van der Waals surface area contributed by atoms with E-state index in [0.717, 1.165) is 53.5 Å². The predicted molar refractivity (Wildman–Crippen MR) is 100 cm³/mol. The number of halogens is 1. The van der Waals surface area contributed by atoms with E-state index in [1.54, 1.807) is 6.08 Å². The lowest BCUT2D eigenvalue weighted by atomic mass is 9.83. The zero-order valence-electron chi connectivity index (χ0n) is 14.8. The molecule has 1 aromatic rings. The van der Waals surface area contributed by atoms with Crippen LogP contribution in [0.2, 0.25) is 0 Å². The summed E-state index contributed by atoms with van der Waals surface area (Å²) in [6.45, 7) is 6.36. The van der Waals surface area contributed by atoms with Crippen LogP contribution in [0, 0.1) is 12.8 Å². The van der Waals surface area contributed by atoms with Crippen LogP contribution < -0.4 is 4.74 Å². The largest absolute Gasteiger partial charge is 0.490 e. The number of rotatable bonds is 6. The number of esters is 1. The topological polar surface area (TPSA) is 35.5 Å². The van der Waals surface area contributed by atoms with Gasteiger partial charge in [-0.05, 0) is 70.9 Å². The van der Waals surface area contributed by atoms with Gasteiger partial charge in [0.1, 0.15) is 5.75 Å². The molecule has 0 atom stereocenters. The van der Waals surface area contributed by atoms with Crippen LogP contribution >= 0.6 is 15.9 Å². The summed E-state index contributed by atoms with van der Waals surface area (Å²) in [5.74, 6) is 1.39. The van der Waals surface area contributed by atoms with E-state index in [2.05, 4.69) is 22.9 Å². The Morgan fingerprint density at radius 3 is 2.67 bits per heavy atom. The third-order valence-corrected chi connectivity index (χ3v) is 5.43. The molecule has 3 nitrogen and oxygen atoms in total. The molecule has 0 saturated heterocycles. The first-order valence-corrected chi connectivity index (χ1v) is 9.54. The third kappa shape index (κ3) is 5.66. The quantitative estimate of drug-likeness (QED) is 0.465. The minimum absolute atomic E-state index is 0.225. The lowest BCUT2D eigenvalue weighted by Crippen LogP contribution is -2.24. The minimum Gasteiger partial charge on any atom is -0.490 e. The maximum atomic E-state index is 11.5. The van der Waals surface area contributed by atoms with Crippen molar-refractivity contribution >= 4 is 21.9 Å². The van der Waals surface area contributed by atoms with Crippen LogP contribution in [-0.4, -0.2) is 18.7 Å². The molecule has 0 heterocycles. The standard InChI is InChI=1S/C20H27BrO3/c1-4-23-20(22)13-14(2)12-16-8-10-17(11-9-16)24-19-7-5-6-18(21)15(19)3/h5-7,13,16-17H,4,8-12H2,1-3H3/b14-13+. The van der Waals surface area contributed by atoms with Gasteiger partial charge in [-0.25, -0.2) is 4.79 Å². The van der Waals surface area contributed by atoms with Gasteiger partial charge in [0.2, 0.25) is 0 Å². The summed E-state index contributed by atoms with van der Waals surface area (Å²) in [6, 6.07) is 6.09. The molecule has 1 aliphatic rings. The Kier molecular flexibility index (Phi) is 7.35. The van der Waals surface area contributed by atoms with Crippen molar-refractivity contribution in [1.82, 2.24) is 0 Å². The molecule has 1 aromatic carbocycles. The molecule has 4 heteroatoms. The highest BCUT2D eigenvalue weighted by Crippen LogP contribution is 2.33. The molecule has 0 aliphatic heterocycles. The maximum absolute atomic E-state index is 11.5. The average Bonchev–Trinajstić information content (AvgIpc) is 2.53. The molecule has 0 amide bonds. The van der Waals surface area contributed by atoms with Crippen LogP contribution in [0.4, 0.5) is 0 Å². The van der Waals surface area contributed by atoms with E-state index in [0.29, 0.717) is 18.6 Å². The van der Waals surface area contributed by atoms with Crippen molar-refractivity contribution in [1.29, 1.82) is 0 Å². The lowest BCUT2D eigenvalue weighted by Gasteiger charge is -2.29. The number of benzene rings is 1. The van der Waals surface area contributed by atoms with Crippen LogP contribution in [-0.2, 0) is 9.53 Å². The van der Waals surface area contributed by atoms with Crippen LogP contribution in [0.5, 0.6) is 5.75 Å². The minimum atomic E-state index is -0.225. The van der Waals surface area contributed by atoms with E-state index in [4.69, 9.17) is 9.47 Å². The molecule has 0 spiro atoms. The average molecular weight is 395 g/mol. The fraction of sp³-hybridized carbons (Fsp3) is 0.550. The van der Waals surface area contributed by atoms with E-state index in [1.807, 2.05) is 32.0 Å². The highest BCUT2D eigenvalue weighted by atomic mass is 79.9. The van der Waals surface area contributed by atoms with E-state index >= 15 is 0 Å². The van der Waals surface area contributed by atoms with Crippen molar-refractivity contribution in [2.24, 2.45) is 5.92 Å². The summed E-state index contributed by atoms with van der Waals surface area (Å²) in [5.41, 5.74) is 2.27. The van der Waals surface area contributed by atoms with Gasteiger partial charge in [-0.15, -0.1) is 0 Å². The fourth-order valence-corrected chi connectivity index (χ4v) is 3.60. The summed E-state index contributed by atoms with van der Waals surface area (Å²) in [5, 5.41) is 0. The Labute approximate surface area is 153 Å². The molecule has 0 aromatic heterocycles. The summed E-state index contributed by atoms with van der Waals surface area (Å²) < 4.78 is 12.3. The van der Waals surface area contributed by atoms with Crippen molar-refractivity contribution in [2.45, 2.75) is 59.0 Å². The van der Waals surface area contributed by atoms with Crippen LogP contribution in [0.1, 0.15) is 51.5 Å². The van der Waals surface area contributed by atoms with Gasteiger partial charge in [0.25, 0.3) is 0 Å². The molecule has 0 radical (unpaired) electrons. The van der Waals surface area contributed by atoms with Gasteiger partial charge in [0.05, 0.1) is 12.7 Å². The van der Waals surface area contributed by atoms with Gasteiger partial charge < -0.3 is 9.47 Å². The number of carbonyl (C=O) groups excluding carboxylic acids is 1. The number of ether oxygens (including phenoxy) is 2. The van der Waals surface area contributed by atoms with E-state index in [1.165, 1.54) is 0 Å². The molecular formula is C20H27BrO3. The van der Waals surface area contributed by atoms with Gasteiger partial charge in [-0.3, -0.25) is 0 Å². The Morgan fingerprint density at radius 2 is 2.00 bits per heavy atom. The van der Waals surface area contributed by atoms with Crippen molar-refractivity contribution in [3.8, 4) is 5.75 Å². The van der Waals surface area contributed by atoms with Crippen molar-refractivity contribution in [3.05, 3.63) is 39.9 Å². The fourth-order valence-electron chi connectivity index (χ4n) is 3.25. The molecule has 24 heavy (non-hydrogen) atoms. The Morgan fingerprint density at radius 1 is 1.29 bits per heavy atom. The zero-order valence-corrected chi connectivity index (χ0v) is 16.4. The first kappa shape index (κ1) is 19.0. The van der Waals surface area contributed by atoms with Crippen LogP contribution in [0.3, 0.4) is 0 Å². The molecule has 132 valence electrons. The first-order chi connectivity index (χ1) is 11.5. The molecule has 1 fully saturated rings. The Hall–Kier alpha value is -1.29. The molecule has 0 N–H and O–H groups in total. The Bertz CT molecular complexity index is 587. The Balaban J connectivity index is 1.81. The molecule has 1 aliphatic carbocycles. The van der Waals surface area contributed by atoms with Gasteiger partial charge >= 0.3 is 5.97 Å². The zero-order chi connectivity index (χ0) is 17.5. The maximum Gasteiger partial charge on any atom is 0.330 e. The van der Waals surface area contributed by atoms with E-state index in [-0.39, 0.29) is 5.97 Å². The smallest absolute Gasteiger partial charge is 0.330 e. The monoisotopic (exact) mass is 394 g/mol. The second-order valence-corrected chi connectivity index (χ2v) is 7.42. The van der Waals surface area contributed by atoms with Crippen LogP contribution in [0.25, 0.3) is 0 Å². The van der Waals surface area contributed by atoms with E-state index in [9.17, 15) is 4.79 Å². The van der Waals surface area contributed by atoms with E-state index < -0.39 is 0 Å². The molecule has 0 unspecified atom stereocenters. The second kappa shape index (κ2) is 9.26. The van der Waals surface area contributed by atoms with Gasteiger partial charge in [-0.1, -0.05) is 27.6 Å². The molecular weight excluding hydrogens is 368 g/mol. The highest BCUT2D eigenvalue weighted by molar-refractivity contribution is 9.10. The normalized spacial score (nSPS) is 21.4. The van der Waals surface area contributed by atoms with Gasteiger partial charge in [-0.2, -0.15) is 0 Å². The summed E-state index contributed by atoms with van der Waals surface area (Å²) in [7, 11) is 0. The number of hydrogen-bond acceptors (Lipinski definition) is 3. The first-order valence-electron chi connectivity index (χ1n) is 8.75. The van der Waals surface area contributed by atoms with Crippen LogP contribution in [0.15, 0.2) is 34.3 Å².